The van der Waals surface area contributed by atoms with Crippen molar-refractivity contribution in [3.8, 4) is 33.4 Å². The van der Waals surface area contributed by atoms with Gasteiger partial charge in [0, 0.05) is 67.8 Å². The summed E-state index contributed by atoms with van der Waals surface area (Å²) in [6.07, 6.45) is 0.821. The fourth-order valence-corrected chi connectivity index (χ4v) is 12.3. The maximum Gasteiger partial charge on any atom is 0.159 e. The first-order valence-corrected chi connectivity index (χ1v) is 25.9. The van der Waals surface area contributed by atoms with Crippen LogP contribution in [0.15, 0.2) is 251 Å². The SMILES string of the molecule is Cc1cccc(N(c2cccc3c2Cc2c(-c4ccccc4)cccc2-3)c2cc3oc4cc(N(c5cccc(C)c5)c5cccc6c5oc5c(-c7ccccc7)cccc56)c5ccccc5c4c3c3ccccc23)c1. The maximum atomic E-state index is 7.37. The summed E-state index contributed by atoms with van der Waals surface area (Å²) < 4.78 is 14.5. The zero-order valence-electron chi connectivity index (χ0n) is 41.5. The van der Waals surface area contributed by atoms with Crippen molar-refractivity contribution in [2.75, 3.05) is 9.80 Å². The highest BCUT2D eigenvalue weighted by Crippen LogP contribution is 2.53. The zero-order valence-corrected chi connectivity index (χ0v) is 41.5. The van der Waals surface area contributed by atoms with E-state index in [1.165, 1.54) is 38.9 Å². The molecule has 4 nitrogen and oxygen atoms in total. The van der Waals surface area contributed by atoms with Gasteiger partial charge in [-0.05, 0) is 111 Å². The molecule has 1 aliphatic rings. The molecule has 1 aliphatic carbocycles. The van der Waals surface area contributed by atoms with Crippen LogP contribution in [0.2, 0.25) is 0 Å². The van der Waals surface area contributed by atoms with Crippen LogP contribution in [-0.4, -0.2) is 0 Å². The van der Waals surface area contributed by atoms with Crippen LogP contribution in [0.4, 0.5) is 34.1 Å². The van der Waals surface area contributed by atoms with Crippen LogP contribution >= 0.6 is 0 Å². The van der Waals surface area contributed by atoms with Crippen LogP contribution in [0.3, 0.4) is 0 Å². The lowest BCUT2D eigenvalue weighted by molar-refractivity contribution is 0.668. The van der Waals surface area contributed by atoms with Crippen molar-refractivity contribution in [3.63, 3.8) is 0 Å². The van der Waals surface area contributed by atoms with Crippen molar-refractivity contribution in [1.82, 2.24) is 0 Å². The van der Waals surface area contributed by atoms with Crippen LogP contribution in [0, 0.1) is 13.8 Å². The number of fused-ring (bicyclic) bond motifs is 13. The number of aryl methyl sites for hydroxylation is 2. The van der Waals surface area contributed by atoms with Crippen molar-refractivity contribution >= 4 is 99.5 Å². The lowest BCUT2D eigenvalue weighted by Crippen LogP contribution is -2.13. The third-order valence-corrected chi connectivity index (χ3v) is 15.6. The van der Waals surface area contributed by atoms with E-state index in [1.54, 1.807) is 0 Å². The highest BCUT2D eigenvalue weighted by atomic mass is 16.3. The number of benzene rings is 12. The first-order chi connectivity index (χ1) is 37.0. The molecule has 0 unspecified atom stereocenters. The number of anilines is 6. The summed E-state index contributed by atoms with van der Waals surface area (Å²) >= 11 is 0. The van der Waals surface area contributed by atoms with E-state index in [4.69, 9.17) is 8.83 Å². The normalized spacial score (nSPS) is 12.1. The smallest absolute Gasteiger partial charge is 0.159 e. The number of furan rings is 2. The summed E-state index contributed by atoms with van der Waals surface area (Å²) in [5, 5.41) is 8.85. The average molecular weight is 961 g/mol. The van der Waals surface area contributed by atoms with Crippen molar-refractivity contribution in [1.29, 1.82) is 0 Å². The first-order valence-electron chi connectivity index (χ1n) is 25.9. The van der Waals surface area contributed by atoms with Gasteiger partial charge in [0.1, 0.15) is 16.7 Å². The monoisotopic (exact) mass is 960 g/mol. The Labute approximate surface area is 434 Å². The Balaban J connectivity index is 0.968. The second-order valence-corrected chi connectivity index (χ2v) is 20.1. The van der Waals surface area contributed by atoms with Gasteiger partial charge in [-0.2, -0.15) is 0 Å². The van der Waals surface area contributed by atoms with Gasteiger partial charge in [0.2, 0.25) is 0 Å². The molecule has 0 aliphatic heterocycles. The van der Waals surface area contributed by atoms with E-state index in [9.17, 15) is 0 Å². The van der Waals surface area contributed by atoms with E-state index < -0.39 is 0 Å². The van der Waals surface area contributed by atoms with Gasteiger partial charge < -0.3 is 18.6 Å². The Bertz CT molecular complexity index is 4600. The first kappa shape index (κ1) is 43.0. The van der Waals surface area contributed by atoms with E-state index in [0.717, 1.165) is 123 Å². The van der Waals surface area contributed by atoms with Gasteiger partial charge in [0.25, 0.3) is 0 Å². The second-order valence-electron chi connectivity index (χ2n) is 20.1. The summed E-state index contributed by atoms with van der Waals surface area (Å²) in [4.78, 5) is 4.85. The predicted molar refractivity (Wildman–Crippen MR) is 314 cm³/mol. The Hall–Kier alpha value is -9.64. The number of nitrogens with zero attached hydrogens (tertiary/aromatic N) is 2. The Morgan fingerprint density at radius 1 is 0.307 bits per heavy atom. The van der Waals surface area contributed by atoms with Gasteiger partial charge in [-0.15, -0.1) is 0 Å². The molecule has 75 heavy (non-hydrogen) atoms. The molecule has 0 saturated carbocycles. The number of para-hydroxylation sites is 2. The topological polar surface area (TPSA) is 32.8 Å². The van der Waals surface area contributed by atoms with E-state index in [2.05, 4.69) is 266 Å². The quantitative estimate of drug-likeness (QED) is 0.152. The predicted octanol–water partition coefficient (Wildman–Crippen LogP) is 20.3. The lowest BCUT2D eigenvalue weighted by atomic mass is 9.96. The molecule has 0 N–H and O–H groups in total. The third-order valence-electron chi connectivity index (χ3n) is 15.6. The molecule has 12 aromatic carbocycles. The van der Waals surface area contributed by atoms with Crippen molar-refractivity contribution < 1.29 is 8.83 Å². The minimum absolute atomic E-state index is 0.813. The molecule has 0 radical (unpaired) electrons. The fraction of sp³-hybridized carbons (Fsp3) is 0.0423. The van der Waals surface area contributed by atoms with Gasteiger partial charge >= 0.3 is 0 Å². The number of rotatable bonds is 8. The summed E-state index contributed by atoms with van der Waals surface area (Å²) in [6, 6.07) is 87.8. The summed E-state index contributed by atoms with van der Waals surface area (Å²) in [6.45, 7) is 4.34. The molecule has 0 amide bonds. The number of hydrogen-bond donors (Lipinski definition) is 0. The Kier molecular flexibility index (Phi) is 9.73. The largest absolute Gasteiger partial charge is 0.456 e. The minimum Gasteiger partial charge on any atom is -0.456 e. The molecule has 0 spiro atoms. The third kappa shape index (κ3) is 6.76. The van der Waals surface area contributed by atoms with E-state index >= 15 is 0 Å². The van der Waals surface area contributed by atoms with Crippen LogP contribution in [0.25, 0.3) is 98.8 Å². The Morgan fingerprint density at radius 3 is 1.36 bits per heavy atom. The second kappa shape index (κ2) is 17.0. The molecule has 354 valence electrons. The average Bonchev–Trinajstić information content (AvgIpc) is 4.17. The molecule has 0 atom stereocenters. The highest BCUT2D eigenvalue weighted by Gasteiger charge is 2.30. The van der Waals surface area contributed by atoms with E-state index in [-0.39, 0.29) is 0 Å². The van der Waals surface area contributed by atoms with Crippen molar-refractivity contribution in [2.24, 2.45) is 0 Å². The van der Waals surface area contributed by atoms with Gasteiger partial charge in [0.05, 0.1) is 22.7 Å². The van der Waals surface area contributed by atoms with Gasteiger partial charge in [0.15, 0.2) is 5.58 Å². The molecule has 14 aromatic rings. The molecule has 15 rings (SSSR count). The van der Waals surface area contributed by atoms with Gasteiger partial charge in [-0.25, -0.2) is 0 Å². The van der Waals surface area contributed by atoms with Gasteiger partial charge in [-0.3, -0.25) is 0 Å². The molecule has 0 fully saturated rings. The number of hydrogen-bond acceptors (Lipinski definition) is 4. The zero-order chi connectivity index (χ0) is 49.7. The highest BCUT2D eigenvalue weighted by molar-refractivity contribution is 6.30. The molecular formula is C71H48N2O2. The van der Waals surface area contributed by atoms with E-state index in [1.807, 2.05) is 0 Å². The van der Waals surface area contributed by atoms with Gasteiger partial charge in [-0.1, -0.05) is 194 Å². The van der Waals surface area contributed by atoms with Crippen LogP contribution in [0.1, 0.15) is 22.3 Å². The molecule has 0 saturated heterocycles. The van der Waals surface area contributed by atoms with Crippen LogP contribution < -0.4 is 9.80 Å². The summed E-state index contributed by atoms with van der Waals surface area (Å²) in [5.41, 5.74) is 22.0. The minimum atomic E-state index is 0.813. The maximum absolute atomic E-state index is 7.37. The molecular weight excluding hydrogens is 913 g/mol. The summed E-state index contributed by atoms with van der Waals surface area (Å²) in [5.74, 6) is 0. The van der Waals surface area contributed by atoms with Crippen molar-refractivity contribution in [2.45, 2.75) is 20.3 Å². The van der Waals surface area contributed by atoms with Crippen LogP contribution in [-0.2, 0) is 6.42 Å². The molecule has 4 heteroatoms. The van der Waals surface area contributed by atoms with E-state index in [0.29, 0.717) is 0 Å². The Morgan fingerprint density at radius 2 is 0.747 bits per heavy atom. The molecule has 2 heterocycles. The molecule has 0 bridgehead atoms. The summed E-state index contributed by atoms with van der Waals surface area (Å²) in [7, 11) is 0. The standard InChI is InChI=1S/C71H48N2O2/c1-44-19-13-25-48(39-44)72(62-37-17-34-53-52-33-15-31-50(60(52)41-61(53)62)46-21-5-3-6-22-46)64-42-66-68(56-29-11-9-27-54(56)64)69-57-30-12-10-28-55(57)65(43-67(69)74-66)73(49-26-14-20-45(2)40-49)63-38-18-36-59-58-35-16-32-51(70(58)75-71(59)63)47-23-7-4-8-24-47/h3-40,42-43H,41H2,1-2H3. The van der Waals surface area contributed by atoms with Crippen molar-refractivity contribution in [3.05, 3.63) is 265 Å². The molecule has 2 aromatic heterocycles. The fourth-order valence-electron chi connectivity index (χ4n) is 12.3. The lowest BCUT2D eigenvalue weighted by Gasteiger charge is -2.29. The van der Waals surface area contributed by atoms with Crippen LogP contribution in [0.5, 0.6) is 0 Å².